The van der Waals surface area contributed by atoms with Gasteiger partial charge < -0.3 is 5.32 Å². The fourth-order valence-electron chi connectivity index (χ4n) is 1.88. The number of hydrogen-bond donors (Lipinski definition) is 1. The second-order valence-electron chi connectivity index (χ2n) is 4.23. The van der Waals surface area contributed by atoms with Crippen molar-refractivity contribution in [3.63, 3.8) is 0 Å². The van der Waals surface area contributed by atoms with Crippen molar-refractivity contribution in [2.45, 2.75) is 44.4 Å². The van der Waals surface area contributed by atoms with E-state index >= 15 is 0 Å². The zero-order valence-corrected chi connectivity index (χ0v) is 9.69. The summed E-state index contributed by atoms with van der Waals surface area (Å²) in [7, 11) is -0.684. The molecule has 0 radical (unpaired) electrons. The fourth-order valence-corrected chi connectivity index (χ4v) is 2.21. The number of hydrogen-bond acceptors (Lipinski definition) is 2. The largest absolute Gasteiger partial charge is 0.313 e. The predicted molar refractivity (Wildman–Crippen MR) is 58.3 cm³/mol. The van der Waals surface area contributed by atoms with E-state index in [0.717, 1.165) is 12.5 Å². The lowest BCUT2D eigenvalue weighted by molar-refractivity contribution is 0.429. The van der Waals surface area contributed by atoms with E-state index in [2.05, 4.69) is 12.2 Å². The molecule has 1 aliphatic carbocycles. The van der Waals surface area contributed by atoms with Crippen LogP contribution in [0.5, 0.6) is 0 Å². The van der Waals surface area contributed by atoms with Crippen LogP contribution in [0.25, 0.3) is 0 Å². The first-order valence-electron chi connectivity index (χ1n) is 5.17. The average Bonchev–Trinajstić information content (AvgIpc) is 2.47. The summed E-state index contributed by atoms with van der Waals surface area (Å²) in [6.45, 7) is 5.25. The molecule has 78 valence electrons. The molecular weight excluding hydrogens is 182 g/mol. The second kappa shape index (κ2) is 5.11. The highest BCUT2D eigenvalue weighted by molar-refractivity contribution is 7.84. The van der Waals surface area contributed by atoms with E-state index in [4.69, 9.17) is 0 Å². The third-order valence-electron chi connectivity index (χ3n) is 3.10. The second-order valence-corrected chi connectivity index (χ2v) is 6.03. The maximum Gasteiger partial charge on any atom is 0.0441 e. The van der Waals surface area contributed by atoms with Crippen LogP contribution in [0.4, 0.5) is 0 Å². The van der Waals surface area contributed by atoms with Gasteiger partial charge in [-0.15, -0.1) is 0 Å². The molecule has 4 unspecified atom stereocenters. The molecule has 0 aromatic rings. The van der Waals surface area contributed by atoms with E-state index in [9.17, 15) is 4.21 Å². The highest BCUT2D eigenvalue weighted by Gasteiger charge is 2.23. The van der Waals surface area contributed by atoms with Gasteiger partial charge in [0.1, 0.15) is 0 Å². The Hall–Kier alpha value is 0.110. The summed E-state index contributed by atoms with van der Waals surface area (Å²) in [4.78, 5) is 0. The molecule has 1 rings (SSSR count). The summed E-state index contributed by atoms with van der Waals surface area (Å²) in [5, 5.41) is 3.80. The lowest BCUT2D eigenvalue weighted by Gasteiger charge is -2.19. The van der Waals surface area contributed by atoms with Gasteiger partial charge in [-0.25, -0.2) is 0 Å². The van der Waals surface area contributed by atoms with Gasteiger partial charge in [-0.3, -0.25) is 4.21 Å². The van der Waals surface area contributed by atoms with Crippen molar-refractivity contribution in [1.29, 1.82) is 0 Å². The fraction of sp³-hybridized carbons (Fsp3) is 1.00. The lowest BCUT2D eigenvalue weighted by atomic mass is 10.1. The van der Waals surface area contributed by atoms with Crippen LogP contribution >= 0.6 is 0 Å². The topological polar surface area (TPSA) is 29.1 Å². The van der Waals surface area contributed by atoms with E-state index < -0.39 is 10.8 Å². The third kappa shape index (κ3) is 3.39. The minimum absolute atomic E-state index is 0.285. The quantitative estimate of drug-likeness (QED) is 0.751. The van der Waals surface area contributed by atoms with Crippen LogP contribution in [0, 0.1) is 5.92 Å². The Labute approximate surface area is 83.9 Å². The van der Waals surface area contributed by atoms with Crippen molar-refractivity contribution < 1.29 is 4.21 Å². The lowest BCUT2D eigenvalue weighted by Crippen LogP contribution is -2.37. The highest BCUT2D eigenvalue weighted by Crippen LogP contribution is 2.24. The molecule has 0 heterocycles. The van der Waals surface area contributed by atoms with Crippen molar-refractivity contribution in [1.82, 2.24) is 5.32 Å². The molecule has 1 saturated carbocycles. The van der Waals surface area contributed by atoms with Gasteiger partial charge in [-0.2, -0.15) is 0 Å². The number of nitrogens with one attached hydrogen (secondary N) is 1. The van der Waals surface area contributed by atoms with E-state index in [1.807, 2.05) is 6.92 Å². The highest BCUT2D eigenvalue weighted by atomic mass is 32.2. The van der Waals surface area contributed by atoms with Gasteiger partial charge in [0, 0.05) is 34.9 Å². The summed E-state index contributed by atoms with van der Waals surface area (Å²) in [6, 6.07) is 0.672. The Bertz CT molecular complexity index is 184. The third-order valence-corrected chi connectivity index (χ3v) is 4.40. The van der Waals surface area contributed by atoms with E-state index in [1.54, 1.807) is 6.26 Å². The minimum Gasteiger partial charge on any atom is -0.313 e. The Morgan fingerprint density at radius 2 is 2.23 bits per heavy atom. The van der Waals surface area contributed by atoms with E-state index in [0.29, 0.717) is 6.04 Å². The molecule has 1 aliphatic rings. The van der Waals surface area contributed by atoms with Crippen molar-refractivity contribution in [3.05, 3.63) is 0 Å². The molecule has 13 heavy (non-hydrogen) atoms. The SMILES string of the molecule is CC1CCCC1NCC(C)S(C)=O. The smallest absolute Gasteiger partial charge is 0.0441 e. The molecule has 0 amide bonds. The monoisotopic (exact) mass is 203 g/mol. The summed E-state index contributed by atoms with van der Waals surface area (Å²) < 4.78 is 11.1. The van der Waals surface area contributed by atoms with Crippen molar-refractivity contribution in [2.24, 2.45) is 5.92 Å². The summed E-state index contributed by atoms with van der Waals surface area (Å²) in [5.41, 5.74) is 0. The molecule has 0 aliphatic heterocycles. The van der Waals surface area contributed by atoms with Crippen molar-refractivity contribution in [2.75, 3.05) is 12.8 Å². The van der Waals surface area contributed by atoms with E-state index in [1.165, 1.54) is 19.3 Å². The zero-order chi connectivity index (χ0) is 9.84. The first kappa shape index (κ1) is 11.2. The Balaban J connectivity index is 2.22. The van der Waals surface area contributed by atoms with Crippen LogP contribution in [0.15, 0.2) is 0 Å². The molecular formula is C10H21NOS. The Kier molecular flexibility index (Phi) is 4.39. The standard InChI is InChI=1S/C10H21NOS/c1-8-5-4-6-10(8)11-7-9(2)13(3)12/h8-11H,4-7H2,1-3H3. The molecule has 1 N–H and O–H groups in total. The predicted octanol–water partition coefficient (Wildman–Crippen LogP) is 1.53. The molecule has 1 fully saturated rings. The molecule has 0 spiro atoms. The van der Waals surface area contributed by atoms with Gasteiger partial charge in [0.15, 0.2) is 0 Å². The van der Waals surface area contributed by atoms with Crippen LogP contribution in [-0.4, -0.2) is 28.3 Å². The van der Waals surface area contributed by atoms with Crippen LogP contribution < -0.4 is 5.32 Å². The number of rotatable bonds is 4. The van der Waals surface area contributed by atoms with Crippen LogP contribution in [0.1, 0.15) is 33.1 Å². The van der Waals surface area contributed by atoms with Gasteiger partial charge in [-0.1, -0.05) is 13.3 Å². The molecule has 0 aromatic carbocycles. The molecule has 3 heteroatoms. The van der Waals surface area contributed by atoms with E-state index in [-0.39, 0.29) is 5.25 Å². The molecule has 0 saturated heterocycles. The van der Waals surface area contributed by atoms with Gasteiger partial charge in [-0.05, 0) is 25.7 Å². The Morgan fingerprint density at radius 3 is 2.69 bits per heavy atom. The first-order valence-corrected chi connectivity index (χ1v) is 6.79. The van der Waals surface area contributed by atoms with Gasteiger partial charge in [0.25, 0.3) is 0 Å². The summed E-state index contributed by atoms with van der Waals surface area (Å²) in [6.07, 6.45) is 5.78. The maximum absolute atomic E-state index is 11.1. The Morgan fingerprint density at radius 1 is 1.54 bits per heavy atom. The van der Waals surface area contributed by atoms with Crippen LogP contribution in [0.2, 0.25) is 0 Å². The molecule has 4 atom stereocenters. The van der Waals surface area contributed by atoms with Crippen molar-refractivity contribution >= 4 is 10.8 Å². The normalized spacial score (nSPS) is 33.2. The van der Waals surface area contributed by atoms with Gasteiger partial charge in [0.05, 0.1) is 0 Å². The average molecular weight is 203 g/mol. The molecule has 0 bridgehead atoms. The van der Waals surface area contributed by atoms with Crippen LogP contribution in [-0.2, 0) is 10.8 Å². The molecule has 0 aromatic heterocycles. The minimum atomic E-state index is -0.684. The first-order chi connectivity index (χ1) is 6.11. The van der Waals surface area contributed by atoms with Gasteiger partial charge >= 0.3 is 0 Å². The summed E-state index contributed by atoms with van der Waals surface area (Å²) >= 11 is 0. The zero-order valence-electron chi connectivity index (χ0n) is 8.88. The summed E-state index contributed by atoms with van der Waals surface area (Å²) in [5.74, 6) is 0.803. The maximum atomic E-state index is 11.1. The molecule has 2 nitrogen and oxygen atoms in total. The van der Waals surface area contributed by atoms with Crippen molar-refractivity contribution in [3.8, 4) is 0 Å². The van der Waals surface area contributed by atoms with Crippen LogP contribution in [0.3, 0.4) is 0 Å². The van der Waals surface area contributed by atoms with Gasteiger partial charge in [0.2, 0.25) is 0 Å².